The molecule has 1 N–H and O–H groups in total. The first-order valence-corrected chi connectivity index (χ1v) is 7.63. The number of hydrogen-bond donors (Lipinski definition) is 1. The second kappa shape index (κ2) is 7.53. The molecule has 90 valence electrons. The third-order valence-electron chi connectivity index (χ3n) is 3.24. The van der Waals surface area contributed by atoms with Crippen molar-refractivity contribution in [2.24, 2.45) is 0 Å². The number of unbranched alkanes of at least 4 members (excludes halogenated alkanes) is 1. The maximum Gasteiger partial charge on any atom is 0.0218 e. The zero-order chi connectivity index (χ0) is 11.1. The smallest absolute Gasteiger partial charge is 0.0218 e. The van der Waals surface area contributed by atoms with Crippen molar-refractivity contribution < 1.29 is 0 Å². The largest absolute Gasteiger partial charge is 0.311 e. The molecular formula is C12H26N2S. The zero-order valence-electron chi connectivity index (χ0n) is 10.5. The predicted molar refractivity (Wildman–Crippen MR) is 70.7 cm³/mol. The number of thioether (sulfide) groups is 1. The lowest BCUT2D eigenvalue weighted by Crippen LogP contribution is -2.55. The van der Waals surface area contributed by atoms with Crippen LogP contribution >= 0.6 is 11.8 Å². The van der Waals surface area contributed by atoms with Crippen molar-refractivity contribution in [2.75, 3.05) is 31.6 Å². The minimum atomic E-state index is 0.674. The lowest BCUT2D eigenvalue weighted by molar-refractivity contribution is 0.130. The topological polar surface area (TPSA) is 15.3 Å². The van der Waals surface area contributed by atoms with Gasteiger partial charge in [0, 0.05) is 25.2 Å². The zero-order valence-corrected chi connectivity index (χ0v) is 11.3. The minimum absolute atomic E-state index is 0.674. The Morgan fingerprint density at radius 2 is 2.20 bits per heavy atom. The molecule has 1 aliphatic rings. The molecule has 0 amide bonds. The van der Waals surface area contributed by atoms with Crippen LogP contribution in [0.15, 0.2) is 0 Å². The molecule has 15 heavy (non-hydrogen) atoms. The van der Waals surface area contributed by atoms with E-state index in [0.29, 0.717) is 6.04 Å². The number of nitrogens with zero attached hydrogens (tertiary/aromatic N) is 1. The fourth-order valence-electron chi connectivity index (χ4n) is 2.27. The second-order valence-electron chi connectivity index (χ2n) is 4.57. The van der Waals surface area contributed by atoms with E-state index in [2.05, 4.69) is 30.3 Å². The van der Waals surface area contributed by atoms with E-state index < -0.39 is 0 Å². The van der Waals surface area contributed by atoms with Crippen LogP contribution in [0.25, 0.3) is 0 Å². The van der Waals surface area contributed by atoms with Crippen LogP contribution in [0.4, 0.5) is 0 Å². The molecule has 2 nitrogen and oxygen atoms in total. The Balaban J connectivity index is 2.22. The van der Waals surface area contributed by atoms with Crippen LogP contribution in [-0.2, 0) is 0 Å². The van der Waals surface area contributed by atoms with Gasteiger partial charge in [-0.2, -0.15) is 11.8 Å². The van der Waals surface area contributed by atoms with Gasteiger partial charge in [-0.25, -0.2) is 0 Å². The first-order valence-electron chi connectivity index (χ1n) is 6.24. The van der Waals surface area contributed by atoms with E-state index in [1.807, 2.05) is 11.8 Å². The third kappa shape index (κ3) is 4.75. The number of piperazine rings is 1. The highest BCUT2D eigenvalue weighted by Crippen LogP contribution is 2.11. The van der Waals surface area contributed by atoms with Crippen LogP contribution in [0.1, 0.15) is 33.1 Å². The standard InChI is InChI=1S/C12H26N2S/c1-4-12-9-13-11(2)10-14(12)7-5-6-8-15-3/h11-13H,4-10H2,1-3H3. The molecular weight excluding hydrogens is 204 g/mol. The first kappa shape index (κ1) is 13.3. The molecule has 0 aromatic rings. The summed E-state index contributed by atoms with van der Waals surface area (Å²) in [6, 6.07) is 1.45. The summed E-state index contributed by atoms with van der Waals surface area (Å²) in [6.07, 6.45) is 6.21. The van der Waals surface area contributed by atoms with Crippen molar-refractivity contribution in [1.29, 1.82) is 0 Å². The monoisotopic (exact) mass is 230 g/mol. The van der Waals surface area contributed by atoms with Crippen molar-refractivity contribution >= 4 is 11.8 Å². The molecule has 2 unspecified atom stereocenters. The molecule has 0 spiro atoms. The van der Waals surface area contributed by atoms with Gasteiger partial charge in [0.25, 0.3) is 0 Å². The van der Waals surface area contributed by atoms with E-state index in [0.717, 1.165) is 6.04 Å². The molecule has 0 aromatic heterocycles. The molecule has 0 radical (unpaired) electrons. The van der Waals surface area contributed by atoms with Gasteiger partial charge in [0.05, 0.1) is 0 Å². The Labute approximate surface area is 99.2 Å². The van der Waals surface area contributed by atoms with Crippen LogP contribution in [0.2, 0.25) is 0 Å². The van der Waals surface area contributed by atoms with Crippen molar-refractivity contribution in [3.63, 3.8) is 0 Å². The van der Waals surface area contributed by atoms with Gasteiger partial charge in [0.2, 0.25) is 0 Å². The Kier molecular flexibility index (Phi) is 6.69. The minimum Gasteiger partial charge on any atom is -0.311 e. The second-order valence-corrected chi connectivity index (χ2v) is 5.55. The maximum absolute atomic E-state index is 3.57. The van der Waals surface area contributed by atoms with Crippen LogP contribution in [0.3, 0.4) is 0 Å². The Morgan fingerprint density at radius 3 is 2.87 bits per heavy atom. The first-order chi connectivity index (χ1) is 7.27. The van der Waals surface area contributed by atoms with Gasteiger partial charge in [0.15, 0.2) is 0 Å². The molecule has 0 bridgehead atoms. The van der Waals surface area contributed by atoms with E-state index in [4.69, 9.17) is 0 Å². The number of hydrogen-bond acceptors (Lipinski definition) is 3. The summed E-state index contributed by atoms with van der Waals surface area (Å²) in [4.78, 5) is 2.68. The Morgan fingerprint density at radius 1 is 1.40 bits per heavy atom. The molecule has 1 heterocycles. The van der Waals surface area contributed by atoms with Crippen molar-refractivity contribution in [2.45, 2.75) is 45.2 Å². The van der Waals surface area contributed by atoms with Gasteiger partial charge < -0.3 is 5.32 Å². The highest BCUT2D eigenvalue weighted by Gasteiger charge is 2.23. The summed E-state index contributed by atoms with van der Waals surface area (Å²) in [5, 5.41) is 3.57. The van der Waals surface area contributed by atoms with Gasteiger partial charge in [-0.15, -0.1) is 0 Å². The molecule has 1 aliphatic heterocycles. The van der Waals surface area contributed by atoms with Crippen LogP contribution in [-0.4, -0.2) is 48.6 Å². The lowest BCUT2D eigenvalue weighted by Gasteiger charge is -2.39. The maximum atomic E-state index is 3.57. The quantitative estimate of drug-likeness (QED) is 0.704. The summed E-state index contributed by atoms with van der Waals surface area (Å²) in [7, 11) is 0. The van der Waals surface area contributed by atoms with Crippen LogP contribution in [0.5, 0.6) is 0 Å². The predicted octanol–water partition coefficient (Wildman–Crippen LogP) is 2.20. The molecule has 0 aromatic carbocycles. The molecule has 1 fully saturated rings. The Hall–Kier alpha value is 0.270. The average Bonchev–Trinajstić information content (AvgIpc) is 2.25. The fraction of sp³-hybridized carbons (Fsp3) is 1.00. The highest BCUT2D eigenvalue weighted by atomic mass is 32.2. The van der Waals surface area contributed by atoms with Gasteiger partial charge in [-0.3, -0.25) is 4.90 Å². The van der Waals surface area contributed by atoms with Crippen LogP contribution < -0.4 is 5.32 Å². The van der Waals surface area contributed by atoms with E-state index in [1.165, 1.54) is 44.6 Å². The summed E-state index contributed by atoms with van der Waals surface area (Å²) >= 11 is 1.96. The molecule has 1 rings (SSSR count). The molecule has 3 heteroatoms. The van der Waals surface area contributed by atoms with Gasteiger partial charge in [-0.1, -0.05) is 6.92 Å². The number of rotatable bonds is 6. The SMILES string of the molecule is CCC1CNC(C)CN1CCCCSC. The summed E-state index contributed by atoms with van der Waals surface area (Å²) in [5.41, 5.74) is 0. The van der Waals surface area contributed by atoms with E-state index in [1.54, 1.807) is 0 Å². The van der Waals surface area contributed by atoms with Gasteiger partial charge in [-0.05, 0) is 44.7 Å². The summed E-state index contributed by atoms with van der Waals surface area (Å²) < 4.78 is 0. The van der Waals surface area contributed by atoms with E-state index >= 15 is 0 Å². The van der Waals surface area contributed by atoms with Crippen molar-refractivity contribution in [3.8, 4) is 0 Å². The van der Waals surface area contributed by atoms with Crippen molar-refractivity contribution in [1.82, 2.24) is 10.2 Å². The molecule has 0 saturated carbocycles. The summed E-state index contributed by atoms with van der Waals surface area (Å²) in [5.74, 6) is 1.32. The Bertz CT molecular complexity index is 164. The van der Waals surface area contributed by atoms with Crippen molar-refractivity contribution in [3.05, 3.63) is 0 Å². The van der Waals surface area contributed by atoms with Gasteiger partial charge in [0.1, 0.15) is 0 Å². The van der Waals surface area contributed by atoms with E-state index in [9.17, 15) is 0 Å². The summed E-state index contributed by atoms with van der Waals surface area (Å²) in [6.45, 7) is 8.31. The molecule has 2 atom stereocenters. The third-order valence-corrected chi connectivity index (χ3v) is 3.94. The normalized spacial score (nSPS) is 28.2. The molecule has 0 aliphatic carbocycles. The highest BCUT2D eigenvalue weighted by molar-refractivity contribution is 7.98. The molecule has 1 saturated heterocycles. The van der Waals surface area contributed by atoms with Crippen LogP contribution in [0, 0.1) is 0 Å². The van der Waals surface area contributed by atoms with Gasteiger partial charge >= 0.3 is 0 Å². The lowest BCUT2D eigenvalue weighted by atomic mass is 10.1. The van der Waals surface area contributed by atoms with E-state index in [-0.39, 0.29) is 0 Å². The fourth-order valence-corrected chi connectivity index (χ4v) is 2.76. The average molecular weight is 230 g/mol. The number of nitrogens with one attached hydrogen (secondary N) is 1.